The molecule has 0 spiro atoms. The molecule has 17 heavy (non-hydrogen) atoms. The highest BCUT2D eigenvalue weighted by Gasteiger charge is 2.23. The minimum Gasteiger partial charge on any atom is -0.478 e. The van der Waals surface area contributed by atoms with E-state index < -0.39 is 5.97 Å². The van der Waals surface area contributed by atoms with Gasteiger partial charge >= 0.3 is 5.97 Å². The van der Waals surface area contributed by atoms with Gasteiger partial charge in [-0.3, -0.25) is 0 Å². The van der Waals surface area contributed by atoms with E-state index in [1.165, 1.54) is 11.1 Å². The zero-order valence-corrected chi connectivity index (χ0v) is 9.53. The number of hydrogen-bond acceptors (Lipinski definition) is 1. The first-order valence-corrected chi connectivity index (χ1v) is 5.62. The highest BCUT2D eigenvalue weighted by molar-refractivity contribution is 5.94. The van der Waals surface area contributed by atoms with Crippen LogP contribution in [0.3, 0.4) is 0 Å². The first-order chi connectivity index (χ1) is 8.16. The number of rotatable bonds is 1. The molecule has 0 heterocycles. The molecule has 2 nitrogen and oxygen atoms in total. The Bertz CT molecular complexity index is 627. The molecule has 0 aliphatic heterocycles. The van der Waals surface area contributed by atoms with E-state index in [0.717, 1.165) is 23.1 Å². The molecule has 1 aliphatic carbocycles. The van der Waals surface area contributed by atoms with Crippen molar-refractivity contribution in [1.82, 2.24) is 0 Å². The van der Waals surface area contributed by atoms with Gasteiger partial charge < -0.3 is 5.11 Å². The summed E-state index contributed by atoms with van der Waals surface area (Å²) in [5.74, 6) is -0.835. The van der Waals surface area contributed by atoms with E-state index in [4.69, 9.17) is 0 Å². The molecule has 0 atom stereocenters. The van der Waals surface area contributed by atoms with Gasteiger partial charge in [0.15, 0.2) is 0 Å². The standard InChI is InChI=1S/C15H12O2/c1-9-6-12-11-5-3-2-4-10(11)8-13(12)14(7-9)15(16)17/h2-7H,8H2,1H3,(H,16,17). The van der Waals surface area contributed by atoms with Crippen LogP contribution in [0.15, 0.2) is 36.4 Å². The Labute approximate surface area is 99.5 Å². The lowest BCUT2D eigenvalue weighted by Gasteiger charge is -2.06. The summed E-state index contributed by atoms with van der Waals surface area (Å²) < 4.78 is 0. The van der Waals surface area contributed by atoms with Crippen LogP contribution in [-0.2, 0) is 6.42 Å². The second-order valence-corrected chi connectivity index (χ2v) is 4.48. The van der Waals surface area contributed by atoms with Gasteiger partial charge in [-0.25, -0.2) is 4.79 Å². The fraction of sp³-hybridized carbons (Fsp3) is 0.133. The molecular weight excluding hydrogens is 212 g/mol. The van der Waals surface area contributed by atoms with E-state index in [0.29, 0.717) is 5.56 Å². The van der Waals surface area contributed by atoms with E-state index in [2.05, 4.69) is 18.2 Å². The van der Waals surface area contributed by atoms with Gasteiger partial charge in [-0.15, -0.1) is 0 Å². The molecule has 2 heteroatoms. The molecule has 0 unspecified atom stereocenters. The molecule has 1 N–H and O–H groups in total. The van der Waals surface area contributed by atoms with Crippen LogP contribution in [0.4, 0.5) is 0 Å². The second-order valence-electron chi connectivity index (χ2n) is 4.48. The molecule has 0 bridgehead atoms. The number of aryl methyl sites for hydroxylation is 1. The van der Waals surface area contributed by atoms with Crippen molar-refractivity contribution in [2.24, 2.45) is 0 Å². The fourth-order valence-electron chi connectivity index (χ4n) is 2.57. The average molecular weight is 224 g/mol. The second kappa shape index (κ2) is 3.45. The van der Waals surface area contributed by atoms with Crippen LogP contribution in [0.5, 0.6) is 0 Å². The molecule has 0 radical (unpaired) electrons. The van der Waals surface area contributed by atoms with Crippen LogP contribution in [0, 0.1) is 6.92 Å². The minimum absolute atomic E-state index is 0.441. The largest absolute Gasteiger partial charge is 0.478 e. The first kappa shape index (κ1) is 10.1. The monoisotopic (exact) mass is 224 g/mol. The van der Waals surface area contributed by atoms with E-state index in [1.54, 1.807) is 6.07 Å². The molecule has 84 valence electrons. The molecule has 0 saturated heterocycles. The van der Waals surface area contributed by atoms with Crippen molar-refractivity contribution >= 4 is 5.97 Å². The summed E-state index contributed by atoms with van der Waals surface area (Å²) in [7, 11) is 0. The maximum atomic E-state index is 11.3. The summed E-state index contributed by atoms with van der Waals surface area (Å²) in [6.07, 6.45) is 0.730. The van der Waals surface area contributed by atoms with Gasteiger partial charge in [0.05, 0.1) is 5.56 Å². The molecule has 0 fully saturated rings. The van der Waals surface area contributed by atoms with Crippen LogP contribution in [0.1, 0.15) is 27.0 Å². The van der Waals surface area contributed by atoms with Crippen molar-refractivity contribution in [3.63, 3.8) is 0 Å². The Balaban J connectivity index is 2.31. The molecule has 3 rings (SSSR count). The molecular formula is C15H12O2. The normalized spacial score (nSPS) is 12.1. The summed E-state index contributed by atoms with van der Waals surface area (Å²) in [5.41, 5.74) is 5.86. The van der Waals surface area contributed by atoms with Crippen molar-refractivity contribution in [2.75, 3.05) is 0 Å². The lowest BCUT2D eigenvalue weighted by Crippen LogP contribution is -2.02. The van der Waals surface area contributed by atoms with Gasteiger partial charge in [-0.1, -0.05) is 30.3 Å². The van der Waals surface area contributed by atoms with Gasteiger partial charge in [0.2, 0.25) is 0 Å². The molecule has 0 aromatic heterocycles. The van der Waals surface area contributed by atoms with Gasteiger partial charge in [0, 0.05) is 0 Å². The molecule has 2 aromatic carbocycles. The summed E-state index contributed by atoms with van der Waals surface area (Å²) in [6, 6.07) is 12.0. The summed E-state index contributed by atoms with van der Waals surface area (Å²) in [6.45, 7) is 1.94. The number of benzene rings is 2. The third-order valence-corrected chi connectivity index (χ3v) is 3.30. The Morgan fingerprint density at radius 1 is 1.18 bits per heavy atom. The van der Waals surface area contributed by atoms with Crippen LogP contribution in [0.2, 0.25) is 0 Å². The first-order valence-electron chi connectivity index (χ1n) is 5.62. The number of carboxylic acids is 1. The zero-order valence-electron chi connectivity index (χ0n) is 9.53. The van der Waals surface area contributed by atoms with Gasteiger partial charge in [-0.05, 0) is 47.2 Å². The molecule has 0 saturated carbocycles. The van der Waals surface area contributed by atoms with Crippen LogP contribution in [-0.4, -0.2) is 11.1 Å². The SMILES string of the molecule is Cc1cc(C(=O)O)c2c(c1)-c1ccccc1C2. The number of hydrogen-bond donors (Lipinski definition) is 1. The number of carboxylic acid groups (broad SMARTS) is 1. The Hall–Kier alpha value is -2.09. The van der Waals surface area contributed by atoms with Crippen LogP contribution in [0.25, 0.3) is 11.1 Å². The van der Waals surface area contributed by atoms with Crippen LogP contribution < -0.4 is 0 Å². The van der Waals surface area contributed by atoms with Crippen molar-refractivity contribution in [1.29, 1.82) is 0 Å². The Morgan fingerprint density at radius 3 is 2.71 bits per heavy atom. The average Bonchev–Trinajstić information content (AvgIpc) is 2.66. The predicted molar refractivity (Wildman–Crippen MR) is 66.4 cm³/mol. The quantitative estimate of drug-likeness (QED) is 0.688. The van der Waals surface area contributed by atoms with Gasteiger partial charge in [0.25, 0.3) is 0 Å². The van der Waals surface area contributed by atoms with Gasteiger partial charge in [-0.2, -0.15) is 0 Å². The Kier molecular flexibility index (Phi) is 2.05. The third kappa shape index (κ3) is 1.45. The predicted octanol–water partition coefficient (Wildman–Crippen LogP) is 3.26. The van der Waals surface area contributed by atoms with E-state index >= 15 is 0 Å². The Morgan fingerprint density at radius 2 is 1.94 bits per heavy atom. The molecule has 1 aliphatic rings. The fourth-order valence-corrected chi connectivity index (χ4v) is 2.57. The topological polar surface area (TPSA) is 37.3 Å². The number of fused-ring (bicyclic) bond motifs is 3. The summed E-state index contributed by atoms with van der Waals surface area (Å²) >= 11 is 0. The minimum atomic E-state index is -0.835. The maximum absolute atomic E-state index is 11.3. The van der Waals surface area contributed by atoms with Crippen molar-refractivity contribution in [2.45, 2.75) is 13.3 Å². The van der Waals surface area contributed by atoms with E-state index in [1.807, 2.05) is 19.1 Å². The zero-order chi connectivity index (χ0) is 12.0. The smallest absolute Gasteiger partial charge is 0.336 e. The molecule has 2 aromatic rings. The van der Waals surface area contributed by atoms with Crippen molar-refractivity contribution in [3.8, 4) is 11.1 Å². The maximum Gasteiger partial charge on any atom is 0.336 e. The van der Waals surface area contributed by atoms with E-state index in [-0.39, 0.29) is 0 Å². The third-order valence-electron chi connectivity index (χ3n) is 3.30. The summed E-state index contributed by atoms with van der Waals surface area (Å²) in [4.78, 5) is 11.3. The molecule has 0 amide bonds. The highest BCUT2D eigenvalue weighted by atomic mass is 16.4. The lowest BCUT2D eigenvalue weighted by molar-refractivity contribution is 0.0696. The summed E-state index contributed by atoms with van der Waals surface area (Å²) in [5, 5.41) is 9.25. The highest BCUT2D eigenvalue weighted by Crippen LogP contribution is 2.38. The number of aromatic carboxylic acids is 1. The van der Waals surface area contributed by atoms with Gasteiger partial charge in [0.1, 0.15) is 0 Å². The lowest BCUT2D eigenvalue weighted by atomic mass is 9.98. The van der Waals surface area contributed by atoms with Crippen LogP contribution >= 0.6 is 0 Å². The van der Waals surface area contributed by atoms with E-state index in [9.17, 15) is 9.90 Å². The number of carbonyl (C=O) groups is 1. The van der Waals surface area contributed by atoms with Crippen molar-refractivity contribution < 1.29 is 9.90 Å². The van der Waals surface area contributed by atoms with Crippen molar-refractivity contribution in [3.05, 3.63) is 58.7 Å².